The van der Waals surface area contributed by atoms with Gasteiger partial charge in [0, 0.05) is 16.5 Å². The molecule has 1 saturated carbocycles. The van der Waals surface area contributed by atoms with Crippen molar-refractivity contribution in [3.63, 3.8) is 0 Å². The van der Waals surface area contributed by atoms with E-state index in [2.05, 4.69) is 0 Å². The number of carbonyl (C=O) groups is 2. The molecule has 4 aromatic rings. The van der Waals surface area contributed by atoms with Gasteiger partial charge in [-0.05, 0) is 66.6 Å². The molecular weight excluding hydrogens is 572 g/mol. The molecule has 6 nitrogen and oxygen atoms in total. The molecular formula is C34H31ClO6S. The van der Waals surface area contributed by atoms with Gasteiger partial charge in [0.15, 0.2) is 5.78 Å². The molecule has 42 heavy (non-hydrogen) atoms. The van der Waals surface area contributed by atoms with Crippen LogP contribution in [0.4, 0.5) is 0 Å². The maximum absolute atomic E-state index is 13.7. The lowest BCUT2D eigenvalue weighted by Gasteiger charge is -2.23. The third-order valence-electron chi connectivity index (χ3n) is 7.72. The first-order chi connectivity index (χ1) is 20.2. The van der Waals surface area contributed by atoms with E-state index in [1.54, 1.807) is 36.4 Å². The summed E-state index contributed by atoms with van der Waals surface area (Å²) in [4.78, 5) is 27.3. The summed E-state index contributed by atoms with van der Waals surface area (Å²) in [5, 5.41) is 0.641. The maximum atomic E-state index is 13.7. The SMILES string of the molecule is Cc1ccc(S(=O)(=O)OC[C@@H]2CCC(C(=O)c3ccc(-c4ccc(Cl)cc4)cc3)C2C(=O)OCc2ccccc2)cc1. The number of halogens is 1. The van der Waals surface area contributed by atoms with Crippen LogP contribution in [-0.4, -0.2) is 26.8 Å². The van der Waals surface area contributed by atoms with Crippen LogP contribution in [0.1, 0.15) is 34.3 Å². The van der Waals surface area contributed by atoms with E-state index >= 15 is 0 Å². The highest BCUT2D eigenvalue weighted by Crippen LogP contribution is 2.41. The van der Waals surface area contributed by atoms with E-state index in [4.69, 9.17) is 20.5 Å². The normalized spacial score (nSPS) is 18.5. The minimum Gasteiger partial charge on any atom is -0.461 e. The van der Waals surface area contributed by atoms with E-state index in [1.807, 2.05) is 61.5 Å². The molecule has 0 amide bonds. The number of hydrogen-bond donors (Lipinski definition) is 0. The zero-order chi connectivity index (χ0) is 29.7. The van der Waals surface area contributed by atoms with Gasteiger partial charge in [0.1, 0.15) is 6.61 Å². The number of ether oxygens (including phenoxy) is 1. The minimum absolute atomic E-state index is 0.0442. The number of rotatable bonds is 10. The molecule has 0 N–H and O–H groups in total. The Hall–Kier alpha value is -3.78. The minimum atomic E-state index is -4.04. The largest absolute Gasteiger partial charge is 0.461 e. The number of ketones is 1. The van der Waals surface area contributed by atoms with Crippen LogP contribution in [0.2, 0.25) is 5.02 Å². The van der Waals surface area contributed by atoms with Gasteiger partial charge >= 0.3 is 5.97 Å². The standard InChI is InChI=1S/C34H31ClO6S/c1-23-7-18-30(19-8-23)42(38,39)41-22-28-15-20-31(32(28)34(37)40-21-24-5-3-2-4-6-24)33(36)27-11-9-25(10-12-27)26-13-16-29(35)17-14-26/h2-14,16-19,28,31-32H,15,20-22H2,1H3/t28-,31?,32?/m0/s1. The fourth-order valence-electron chi connectivity index (χ4n) is 5.38. The van der Waals surface area contributed by atoms with Crippen LogP contribution in [0.15, 0.2) is 108 Å². The molecule has 0 spiro atoms. The smallest absolute Gasteiger partial charge is 0.310 e. The molecule has 216 valence electrons. The number of aryl methyl sites for hydroxylation is 1. The predicted octanol–water partition coefficient (Wildman–Crippen LogP) is 7.29. The summed E-state index contributed by atoms with van der Waals surface area (Å²) < 4.78 is 36.9. The quantitative estimate of drug-likeness (QED) is 0.108. The van der Waals surface area contributed by atoms with Crippen molar-refractivity contribution in [1.82, 2.24) is 0 Å². The molecule has 1 aliphatic carbocycles. The zero-order valence-electron chi connectivity index (χ0n) is 23.1. The summed E-state index contributed by atoms with van der Waals surface area (Å²) in [5.74, 6) is -2.72. The second-order valence-corrected chi connectivity index (χ2v) is 12.6. The molecule has 1 aliphatic rings. The van der Waals surface area contributed by atoms with Gasteiger partial charge in [0.2, 0.25) is 0 Å². The van der Waals surface area contributed by atoms with Crippen molar-refractivity contribution >= 4 is 33.5 Å². The lowest BCUT2D eigenvalue weighted by molar-refractivity contribution is -0.152. The van der Waals surface area contributed by atoms with Crippen LogP contribution in [0.25, 0.3) is 11.1 Å². The first-order valence-electron chi connectivity index (χ1n) is 13.8. The molecule has 0 saturated heterocycles. The number of benzene rings is 4. The van der Waals surface area contributed by atoms with Crippen molar-refractivity contribution in [2.24, 2.45) is 17.8 Å². The van der Waals surface area contributed by atoms with Gasteiger partial charge in [-0.3, -0.25) is 13.8 Å². The van der Waals surface area contributed by atoms with Gasteiger partial charge in [-0.1, -0.05) is 96.0 Å². The lowest BCUT2D eigenvalue weighted by Crippen LogP contribution is -2.33. The van der Waals surface area contributed by atoms with E-state index in [9.17, 15) is 18.0 Å². The van der Waals surface area contributed by atoms with E-state index < -0.39 is 33.8 Å². The Bertz CT molecular complexity index is 1630. The molecule has 4 aromatic carbocycles. The fraction of sp³-hybridized carbons (Fsp3) is 0.235. The summed E-state index contributed by atoms with van der Waals surface area (Å²) in [6, 6.07) is 30.3. The van der Waals surface area contributed by atoms with Gasteiger partial charge in [-0.25, -0.2) is 0 Å². The van der Waals surface area contributed by atoms with Gasteiger partial charge in [0.25, 0.3) is 10.1 Å². The Kier molecular flexibility index (Phi) is 9.21. The number of Topliss-reactive ketones (excluding diaryl/α,β-unsaturated/α-hetero) is 1. The van der Waals surface area contributed by atoms with Crippen molar-refractivity contribution in [2.75, 3.05) is 6.61 Å². The van der Waals surface area contributed by atoms with Crippen LogP contribution >= 0.6 is 11.6 Å². The molecule has 5 rings (SSSR count). The molecule has 1 fully saturated rings. The summed E-state index contributed by atoms with van der Waals surface area (Å²) in [6.07, 6.45) is 0.870. The van der Waals surface area contributed by atoms with Crippen molar-refractivity contribution in [2.45, 2.75) is 31.3 Å². The van der Waals surface area contributed by atoms with Gasteiger partial charge in [0.05, 0.1) is 17.4 Å². The molecule has 2 unspecified atom stereocenters. The third kappa shape index (κ3) is 6.98. The first kappa shape index (κ1) is 29.7. The summed E-state index contributed by atoms with van der Waals surface area (Å²) in [5.41, 5.74) is 4.12. The topological polar surface area (TPSA) is 86.7 Å². The van der Waals surface area contributed by atoms with Gasteiger partial charge in [-0.2, -0.15) is 8.42 Å². The monoisotopic (exact) mass is 602 g/mol. The summed E-state index contributed by atoms with van der Waals surface area (Å²) in [7, 11) is -4.04. The Labute approximate surface area is 251 Å². The van der Waals surface area contributed by atoms with Crippen LogP contribution in [-0.2, 0) is 30.4 Å². The molecule has 0 heterocycles. The number of hydrogen-bond acceptors (Lipinski definition) is 6. The lowest BCUT2D eigenvalue weighted by atomic mass is 9.84. The molecule has 8 heteroatoms. The second kappa shape index (κ2) is 13.0. The third-order valence-corrected chi connectivity index (χ3v) is 9.26. The molecule has 3 atom stereocenters. The first-order valence-corrected chi connectivity index (χ1v) is 15.6. The van der Waals surface area contributed by atoms with Crippen molar-refractivity contribution in [1.29, 1.82) is 0 Å². The van der Waals surface area contributed by atoms with Crippen LogP contribution in [0.5, 0.6) is 0 Å². The second-order valence-electron chi connectivity index (χ2n) is 10.6. The van der Waals surface area contributed by atoms with E-state index in [-0.39, 0.29) is 23.9 Å². The Morgan fingerprint density at radius 1 is 0.810 bits per heavy atom. The maximum Gasteiger partial charge on any atom is 0.310 e. The summed E-state index contributed by atoms with van der Waals surface area (Å²) >= 11 is 6.01. The highest BCUT2D eigenvalue weighted by Gasteiger charge is 2.46. The summed E-state index contributed by atoms with van der Waals surface area (Å²) in [6.45, 7) is 1.70. The van der Waals surface area contributed by atoms with Gasteiger partial charge < -0.3 is 4.74 Å². The average molecular weight is 603 g/mol. The van der Waals surface area contributed by atoms with E-state index in [0.29, 0.717) is 23.4 Å². The molecule has 0 aromatic heterocycles. The molecule has 0 radical (unpaired) electrons. The molecule has 0 aliphatic heterocycles. The van der Waals surface area contributed by atoms with Crippen molar-refractivity contribution < 1.29 is 26.9 Å². The Morgan fingerprint density at radius 3 is 2.07 bits per heavy atom. The highest BCUT2D eigenvalue weighted by molar-refractivity contribution is 7.86. The van der Waals surface area contributed by atoms with Crippen LogP contribution in [0.3, 0.4) is 0 Å². The van der Waals surface area contributed by atoms with Crippen molar-refractivity contribution in [3.05, 3.63) is 125 Å². The number of esters is 1. The van der Waals surface area contributed by atoms with Gasteiger partial charge in [-0.15, -0.1) is 0 Å². The average Bonchev–Trinajstić information content (AvgIpc) is 3.44. The highest BCUT2D eigenvalue weighted by atomic mass is 35.5. The van der Waals surface area contributed by atoms with Crippen LogP contribution < -0.4 is 0 Å². The molecule has 0 bridgehead atoms. The van der Waals surface area contributed by atoms with E-state index in [1.165, 1.54) is 12.1 Å². The van der Waals surface area contributed by atoms with E-state index in [0.717, 1.165) is 22.3 Å². The Balaban J connectivity index is 1.34. The van der Waals surface area contributed by atoms with Crippen LogP contribution in [0, 0.1) is 24.7 Å². The van der Waals surface area contributed by atoms with Crippen molar-refractivity contribution in [3.8, 4) is 11.1 Å². The Morgan fingerprint density at radius 2 is 1.43 bits per heavy atom. The fourth-order valence-corrected chi connectivity index (χ4v) is 6.46. The number of carbonyl (C=O) groups excluding carboxylic acids is 2. The predicted molar refractivity (Wildman–Crippen MR) is 161 cm³/mol. The zero-order valence-corrected chi connectivity index (χ0v) is 24.7.